The van der Waals surface area contributed by atoms with Crippen LogP contribution in [0.3, 0.4) is 0 Å². The fraction of sp³-hybridized carbons (Fsp3) is 0.588. The van der Waals surface area contributed by atoms with E-state index in [0.29, 0.717) is 32.5 Å². The van der Waals surface area contributed by atoms with Crippen molar-refractivity contribution < 1.29 is 17.6 Å². The topological polar surface area (TPSA) is 69.7 Å². The van der Waals surface area contributed by atoms with E-state index in [1.807, 2.05) is 0 Å². The van der Waals surface area contributed by atoms with Crippen LogP contribution in [0.4, 0.5) is 4.39 Å². The minimum atomic E-state index is -3.40. The molecule has 6 nitrogen and oxygen atoms in total. The van der Waals surface area contributed by atoms with Crippen LogP contribution < -0.4 is 5.32 Å². The second kappa shape index (κ2) is 8.73. The summed E-state index contributed by atoms with van der Waals surface area (Å²) in [6.45, 7) is 1.30. The molecule has 0 aliphatic carbocycles. The molecule has 0 spiro atoms. The third-order valence-corrected chi connectivity index (χ3v) is 6.41. The van der Waals surface area contributed by atoms with Crippen molar-refractivity contribution in [2.75, 3.05) is 33.7 Å². The maximum atomic E-state index is 12.8. The number of piperidine rings is 1. The zero-order valence-electron chi connectivity index (χ0n) is 14.7. The summed E-state index contributed by atoms with van der Waals surface area (Å²) >= 11 is 0. The maximum absolute atomic E-state index is 12.8. The lowest BCUT2D eigenvalue weighted by Gasteiger charge is -2.32. The standard InChI is InChI=1S/C17H26FN3O3S/c1-20(2)25(23,24)21-12-9-15(10-13-21)17(22)19-11-3-4-14-5-7-16(18)8-6-14/h5-8,15H,3-4,9-13H2,1-2H3,(H,19,22). The van der Waals surface area contributed by atoms with Gasteiger partial charge in [-0.05, 0) is 43.4 Å². The second-order valence-corrected chi connectivity index (χ2v) is 8.63. The van der Waals surface area contributed by atoms with E-state index in [0.717, 1.165) is 18.4 Å². The number of carbonyl (C=O) groups excluding carboxylic acids is 1. The molecule has 1 fully saturated rings. The summed E-state index contributed by atoms with van der Waals surface area (Å²) < 4.78 is 39.6. The highest BCUT2D eigenvalue weighted by Gasteiger charge is 2.31. The Balaban J connectivity index is 1.69. The predicted octanol–water partition coefficient (Wildman–Crippen LogP) is 1.39. The molecule has 0 aromatic heterocycles. The van der Waals surface area contributed by atoms with E-state index < -0.39 is 10.2 Å². The van der Waals surface area contributed by atoms with Crippen molar-refractivity contribution >= 4 is 16.1 Å². The highest BCUT2D eigenvalue weighted by atomic mass is 32.2. The van der Waals surface area contributed by atoms with E-state index in [9.17, 15) is 17.6 Å². The molecule has 2 rings (SSSR count). The number of benzene rings is 1. The normalized spacial score (nSPS) is 17.0. The van der Waals surface area contributed by atoms with Gasteiger partial charge in [0.15, 0.2) is 0 Å². The van der Waals surface area contributed by atoms with Gasteiger partial charge < -0.3 is 5.32 Å². The lowest BCUT2D eigenvalue weighted by Crippen LogP contribution is -2.46. The van der Waals surface area contributed by atoms with Gasteiger partial charge in [-0.2, -0.15) is 17.0 Å². The van der Waals surface area contributed by atoms with Crippen LogP contribution >= 0.6 is 0 Å². The van der Waals surface area contributed by atoms with Gasteiger partial charge >= 0.3 is 0 Å². The Labute approximate surface area is 149 Å². The van der Waals surface area contributed by atoms with Crippen molar-refractivity contribution in [2.45, 2.75) is 25.7 Å². The first-order chi connectivity index (χ1) is 11.8. The van der Waals surface area contributed by atoms with Crippen LogP contribution in [0.25, 0.3) is 0 Å². The minimum Gasteiger partial charge on any atom is -0.356 e. The zero-order valence-corrected chi connectivity index (χ0v) is 15.6. The van der Waals surface area contributed by atoms with Gasteiger partial charge in [-0.3, -0.25) is 4.79 Å². The first-order valence-corrected chi connectivity index (χ1v) is 9.90. The third-order valence-electron chi connectivity index (χ3n) is 4.47. The molecule has 0 radical (unpaired) electrons. The lowest BCUT2D eigenvalue weighted by molar-refractivity contribution is -0.126. The van der Waals surface area contributed by atoms with Crippen LogP contribution in [0, 0.1) is 11.7 Å². The number of hydrogen-bond acceptors (Lipinski definition) is 3. The van der Waals surface area contributed by atoms with Gasteiger partial charge in [0.2, 0.25) is 5.91 Å². The van der Waals surface area contributed by atoms with E-state index in [1.165, 1.54) is 34.8 Å². The number of carbonyl (C=O) groups is 1. The monoisotopic (exact) mass is 371 g/mol. The van der Waals surface area contributed by atoms with Crippen molar-refractivity contribution in [2.24, 2.45) is 5.92 Å². The number of nitrogens with one attached hydrogen (secondary N) is 1. The van der Waals surface area contributed by atoms with E-state index in [2.05, 4.69) is 5.32 Å². The molecule has 1 N–H and O–H groups in total. The van der Waals surface area contributed by atoms with Crippen LogP contribution in [-0.2, 0) is 21.4 Å². The molecule has 1 saturated heterocycles. The molecule has 25 heavy (non-hydrogen) atoms. The van der Waals surface area contributed by atoms with Gasteiger partial charge in [0, 0.05) is 39.6 Å². The molecule has 8 heteroatoms. The average molecular weight is 371 g/mol. The second-order valence-electron chi connectivity index (χ2n) is 6.48. The number of hydrogen-bond donors (Lipinski definition) is 1. The number of rotatable bonds is 7. The molecule has 1 aliphatic rings. The van der Waals surface area contributed by atoms with Gasteiger partial charge in [-0.1, -0.05) is 12.1 Å². The first-order valence-electron chi connectivity index (χ1n) is 8.50. The Morgan fingerprint density at radius 2 is 1.84 bits per heavy atom. The molecule has 1 aliphatic heterocycles. The maximum Gasteiger partial charge on any atom is 0.281 e. The largest absolute Gasteiger partial charge is 0.356 e. The van der Waals surface area contributed by atoms with Crippen LogP contribution in [0.15, 0.2) is 24.3 Å². The summed E-state index contributed by atoms with van der Waals surface area (Å²) in [5.41, 5.74) is 1.04. The van der Waals surface area contributed by atoms with E-state index in [1.54, 1.807) is 12.1 Å². The molecule has 0 atom stereocenters. The number of halogens is 1. The molecule has 1 aromatic carbocycles. The number of amides is 1. The first kappa shape index (κ1) is 19.8. The molecular weight excluding hydrogens is 345 g/mol. The van der Waals surface area contributed by atoms with Crippen LogP contribution in [0.1, 0.15) is 24.8 Å². The molecule has 1 heterocycles. The molecule has 0 unspecified atom stereocenters. The highest BCUT2D eigenvalue weighted by Crippen LogP contribution is 2.20. The average Bonchev–Trinajstić information content (AvgIpc) is 2.60. The molecule has 140 valence electrons. The molecule has 0 saturated carbocycles. The van der Waals surface area contributed by atoms with Crippen LogP contribution in [-0.4, -0.2) is 56.7 Å². The van der Waals surface area contributed by atoms with E-state index in [-0.39, 0.29) is 17.6 Å². The fourth-order valence-electron chi connectivity index (χ4n) is 2.88. The Hall–Kier alpha value is -1.51. The van der Waals surface area contributed by atoms with Crippen molar-refractivity contribution in [3.8, 4) is 0 Å². The smallest absolute Gasteiger partial charge is 0.281 e. The fourth-order valence-corrected chi connectivity index (χ4v) is 4.01. The summed E-state index contributed by atoms with van der Waals surface area (Å²) in [6.07, 6.45) is 2.64. The zero-order chi connectivity index (χ0) is 18.4. The van der Waals surface area contributed by atoms with Crippen molar-refractivity contribution in [3.63, 3.8) is 0 Å². The summed E-state index contributed by atoms with van der Waals surface area (Å²) in [5.74, 6) is -0.403. The van der Waals surface area contributed by atoms with Crippen molar-refractivity contribution in [1.82, 2.24) is 13.9 Å². The van der Waals surface area contributed by atoms with Crippen molar-refractivity contribution in [3.05, 3.63) is 35.6 Å². The van der Waals surface area contributed by atoms with Crippen molar-refractivity contribution in [1.29, 1.82) is 0 Å². The lowest BCUT2D eigenvalue weighted by atomic mass is 9.97. The van der Waals surface area contributed by atoms with Gasteiger partial charge in [0.25, 0.3) is 10.2 Å². The predicted molar refractivity (Wildman–Crippen MR) is 94.6 cm³/mol. The van der Waals surface area contributed by atoms with Gasteiger partial charge in [-0.25, -0.2) is 4.39 Å². The van der Waals surface area contributed by atoms with Gasteiger partial charge in [0.1, 0.15) is 5.82 Å². The Morgan fingerprint density at radius 3 is 2.40 bits per heavy atom. The summed E-state index contributed by atoms with van der Waals surface area (Å²) in [7, 11) is -0.377. The minimum absolute atomic E-state index is 0.0130. The Bertz CT molecular complexity index is 669. The molecule has 1 aromatic rings. The highest BCUT2D eigenvalue weighted by molar-refractivity contribution is 7.86. The summed E-state index contributed by atoms with van der Waals surface area (Å²) in [4.78, 5) is 12.2. The Kier molecular flexibility index (Phi) is 6.92. The van der Waals surface area contributed by atoms with E-state index in [4.69, 9.17) is 0 Å². The van der Waals surface area contributed by atoms with E-state index >= 15 is 0 Å². The number of aryl methyl sites for hydroxylation is 1. The quantitative estimate of drug-likeness (QED) is 0.737. The molecule has 0 bridgehead atoms. The SMILES string of the molecule is CN(C)S(=O)(=O)N1CCC(C(=O)NCCCc2ccc(F)cc2)CC1. The summed E-state index contributed by atoms with van der Waals surface area (Å²) in [6, 6.07) is 6.36. The van der Waals surface area contributed by atoms with Gasteiger partial charge in [-0.15, -0.1) is 0 Å². The summed E-state index contributed by atoms with van der Waals surface area (Å²) in [5, 5.41) is 2.92. The number of nitrogens with zero attached hydrogens (tertiary/aromatic N) is 2. The Morgan fingerprint density at radius 1 is 1.24 bits per heavy atom. The van der Waals surface area contributed by atoms with Gasteiger partial charge in [0.05, 0.1) is 0 Å². The van der Waals surface area contributed by atoms with Crippen LogP contribution in [0.5, 0.6) is 0 Å². The third kappa shape index (κ3) is 5.49. The van der Waals surface area contributed by atoms with Crippen LogP contribution in [0.2, 0.25) is 0 Å². The molecular formula is C17H26FN3O3S. The molecule has 1 amide bonds.